The number of sulfonamides is 1. The van der Waals surface area contributed by atoms with Crippen molar-refractivity contribution in [2.24, 2.45) is 0 Å². The molecule has 1 aromatic heterocycles. The van der Waals surface area contributed by atoms with E-state index in [4.69, 9.17) is 4.74 Å². The van der Waals surface area contributed by atoms with Gasteiger partial charge in [-0.2, -0.15) is 4.31 Å². The van der Waals surface area contributed by atoms with Crippen LogP contribution in [0.2, 0.25) is 0 Å². The van der Waals surface area contributed by atoms with Crippen molar-refractivity contribution in [2.45, 2.75) is 13.0 Å². The Kier molecular flexibility index (Phi) is 4.86. The second-order valence-corrected chi connectivity index (χ2v) is 8.96. The zero-order chi connectivity index (χ0) is 17.3. The van der Waals surface area contributed by atoms with E-state index in [9.17, 15) is 13.2 Å². The van der Waals surface area contributed by atoms with Crippen LogP contribution in [0.25, 0.3) is 10.2 Å². The van der Waals surface area contributed by atoms with Crippen molar-refractivity contribution in [3.05, 3.63) is 28.8 Å². The van der Waals surface area contributed by atoms with E-state index >= 15 is 0 Å². The summed E-state index contributed by atoms with van der Waals surface area (Å²) in [6, 6.07) is 5.39. The lowest BCUT2D eigenvalue weighted by molar-refractivity contribution is 0.000439. The number of morpholine rings is 1. The Hall–Kier alpha value is -1.55. The molecule has 0 spiro atoms. The fourth-order valence-corrected chi connectivity index (χ4v) is 4.32. The van der Waals surface area contributed by atoms with Gasteiger partial charge in [-0.15, -0.1) is 11.3 Å². The van der Waals surface area contributed by atoms with Gasteiger partial charge in [0.05, 0.1) is 34.2 Å². The van der Waals surface area contributed by atoms with E-state index in [0.717, 1.165) is 15.2 Å². The number of nitrogens with zero attached hydrogens (tertiary/aromatic N) is 2. The second kappa shape index (κ2) is 6.75. The smallest absolute Gasteiger partial charge is 0.251 e. The van der Waals surface area contributed by atoms with Crippen LogP contribution in [0.4, 0.5) is 0 Å². The van der Waals surface area contributed by atoms with E-state index in [-0.39, 0.29) is 25.1 Å². The molecule has 0 saturated carbocycles. The lowest BCUT2D eigenvalue weighted by Gasteiger charge is -2.31. The van der Waals surface area contributed by atoms with Gasteiger partial charge in [0.15, 0.2) is 0 Å². The minimum Gasteiger partial charge on any atom is -0.374 e. The molecule has 1 aliphatic heterocycles. The molecule has 0 radical (unpaired) electrons. The number of fused-ring (bicyclic) bond motifs is 1. The largest absolute Gasteiger partial charge is 0.374 e. The first-order chi connectivity index (χ1) is 11.3. The van der Waals surface area contributed by atoms with Gasteiger partial charge in [-0.25, -0.2) is 13.4 Å². The van der Waals surface area contributed by atoms with Crippen LogP contribution in [0.5, 0.6) is 0 Å². The Labute approximate surface area is 144 Å². The van der Waals surface area contributed by atoms with Gasteiger partial charge in [0.1, 0.15) is 0 Å². The van der Waals surface area contributed by atoms with Gasteiger partial charge in [-0.3, -0.25) is 4.79 Å². The van der Waals surface area contributed by atoms with Crippen LogP contribution in [0.1, 0.15) is 15.4 Å². The molecule has 7 nitrogen and oxygen atoms in total. The number of nitrogens with one attached hydrogen (secondary N) is 1. The number of hydrogen-bond acceptors (Lipinski definition) is 6. The van der Waals surface area contributed by atoms with E-state index in [1.54, 1.807) is 17.4 Å². The molecule has 2 heterocycles. The summed E-state index contributed by atoms with van der Waals surface area (Å²) in [6.07, 6.45) is 0.840. The molecule has 1 fully saturated rings. The van der Waals surface area contributed by atoms with Gasteiger partial charge >= 0.3 is 0 Å². The maximum Gasteiger partial charge on any atom is 0.251 e. The predicted molar refractivity (Wildman–Crippen MR) is 92.8 cm³/mol. The Morgan fingerprint density at radius 1 is 1.50 bits per heavy atom. The number of aryl methyl sites for hydroxylation is 1. The molecule has 24 heavy (non-hydrogen) atoms. The third-order valence-corrected chi connectivity index (χ3v) is 6.02. The highest BCUT2D eigenvalue weighted by Gasteiger charge is 2.26. The molecule has 0 bridgehead atoms. The highest BCUT2D eigenvalue weighted by Crippen LogP contribution is 2.22. The highest BCUT2D eigenvalue weighted by atomic mass is 32.2. The predicted octanol–water partition coefficient (Wildman–Crippen LogP) is 0.995. The number of aromatic nitrogens is 1. The second-order valence-electron chi connectivity index (χ2n) is 5.74. The third kappa shape index (κ3) is 3.92. The number of thiazole rings is 1. The zero-order valence-corrected chi connectivity index (χ0v) is 15.1. The SMILES string of the molecule is Cc1nc2ccc(C(=O)NCC3CN(S(C)(=O)=O)CCO3)cc2s1. The number of hydrogen-bond donors (Lipinski definition) is 1. The maximum atomic E-state index is 12.3. The van der Waals surface area contributed by atoms with Gasteiger partial charge in [-0.05, 0) is 25.1 Å². The molecule has 1 aliphatic rings. The summed E-state index contributed by atoms with van der Waals surface area (Å²) in [5.74, 6) is -0.206. The Bertz CT molecular complexity index is 863. The van der Waals surface area contributed by atoms with Crippen LogP contribution >= 0.6 is 11.3 Å². The number of carbonyl (C=O) groups is 1. The standard InChI is InChI=1S/C15H19N3O4S2/c1-10-17-13-4-3-11(7-14(13)23-10)15(19)16-8-12-9-18(5-6-22-12)24(2,20)21/h3-4,7,12H,5-6,8-9H2,1-2H3,(H,16,19). The summed E-state index contributed by atoms with van der Waals surface area (Å²) in [4.78, 5) is 16.7. The summed E-state index contributed by atoms with van der Waals surface area (Å²) >= 11 is 1.54. The fourth-order valence-electron chi connectivity index (χ4n) is 2.61. The van der Waals surface area contributed by atoms with Gasteiger partial charge in [0.2, 0.25) is 10.0 Å². The number of rotatable bonds is 4. The number of benzene rings is 1. The average Bonchev–Trinajstić information content (AvgIpc) is 2.91. The van der Waals surface area contributed by atoms with Crippen LogP contribution in [-0.2, 0) is 14.8 Å². The first kappa shape index (κ1) is 17.3. The van der Waals surface area contributed by atoms with E-state index in [2.05, 4.69) is 10.3 Å². The minimum absolute atomic E-state index is 0.206. The van der Waals surface area contributed by atoms with Crippen molar-refractivity contribution in [2.75, 3.05) is 32.5 Å². The van der Waals surface area contributed by atoms with Gasteiger partial charge < -0.3 is 10.1 Å². The van der Waals surface area contributed by atoms with Crippen LogP contribution in [0, 0.1) is 6.92 Å². The number of carbonyl (C=O) groups excluding carboxylic acids is 1. The van der Waals surface area contributed by atoms with Crippen molar-refractivity contribution in [1.29, 1.82) is 0 Å². The van der Waals surface area contributed by atoms with E-state index < -0.39 is 10.0 Å². The molecule has 130 valence electrons. The molecule has 1 amide bonds. The van der Waals surface area contributed by atoms with Crippen molar-refractivity contribution in [1.82, 2.24) is 14.6 Å². The Morgan fingerprint density at radius 3 is 3.04 bits per heavy atom. The highest BCUT2D eigenvalue weighted by molar-refractivity contribution is 7.88. The third-order valence-electron chi connectivity index (χ3n) is 3.82. The van der Waals surface area contributed by atoms with Gasteiger partial charge in [-0.1, -0.05) is 0 Å². The van der Waals surface area contributed by atoms with Crippen molar-refractivity contribution in [3.63, 3.8) is 0 Å². The quantitative estimate of drug-likeness (QED) is 0.868. The van der Waals surface area contributed by atoms with Crippen molar-refractivity contribution in [3.8, 4) is 0 Å². The van der Waals surface area contributed by atoms with Crippen LogP contribution in [0.3, 0.4) is 0 Å². The zero-order valence-electron chi connectivity index (χ0n) is 13.5. The fraction of sp³-hybridized carbons (Fsp3) is 0.467. The molecule has 1 aromatic carbocycles. The van der Waals surface area contributed by atoms with Crippen LogP contribution in [-0.4, -0.2) is 62.2 Å². The molecule has 2 aromatic rings. The van der Waals surface area contributed by atoms with Crippen molar-refractivity contribution >= 4 is 37.5 Å². The molecular weight excluding hydrogens is 350 g/mol. The lowest BCUT2D eigenvalue weighted by atomic mass is 10.2. The van der Waals surface area contributed by atoms with E-state index in [1.807, 2.05) is 19.1 Å². The summed E-state index contributed by atoms with van der Waals surface area (Å²) in [5.41, 5.74) is 1.44. The number of amides is 1. The molecule has 3 rings (SSSR count). The molecule has 1 saturated heterocycles. The van der Waals surface area contributed by atoms with E-state index in [1.165, 1.54) is 10.6 Å². The summed E-state index contributed by atoms with van der Waals surface area (Å²) < 4.78 is 31.1. The van der Waals surface area contributed by atoms with Gasteiger partial charge in [0.25, 0.3) is 5.91 Å². The number of ether oxygens (including phenoxy) is 1. The minimum atomic E-state index is -3.24. The van der Waals surface area contributed by atoms with Crippen LogP contribution in [0.15, 0.2) is 18.2 Å². The van der Waals surface area contributed by atoms with Crippen molar-refractivity contribution < 1.29 is 17.9 Å². The Morgan fingerprint density at radius 2 is 2.29 bits per heavy atom. The van der Waals surface area contributed by atoms with Crippen LogP contribution < -0.4 is 5.32 Å². The normalized spacial score (nSPS) is 19.5. The monoisotopic (exact) mass is 369 g/mol. The first-order valence-corrected chi connectivity index (χ1v) is 10.2. The molecule has 1 N–H and O–H groups in total. The summed E-state index contributed by atoms with van der Waals surface area (Å²) in [7, 11) is -3.24. The average molecular weight is 369 g/mol. The molecular formula is C15H19N3O4S2. The molecule has 9 heteroatoms. The Balaban J connectivity index is 1.62. The summed E-state index contributed by atoms with van der Waals surface area (Å²) in [6.45, 7) is 3.14. The maximum absolute atomic E-state index is 12.3. The molecule has 1 atom stereocenters. The van der Waals surface area contributed by atoms with Gasteiger partial charge in [0, 0.05) is 25.2 Å². The first-order valence-electron chi connectivity index (χ1n) is 7.55. The molecule has 0 aliphatic carbocycles. The van der Waals surface area contributed by atoms with E-state index in [0.29, 0.717) is 18.7 Å². The lowest BCUT2D eigenvalue weighted by Crippen LogP contribution is -2.49. The summed E-state index contributed by atoms with van der Waals surface area (Å²) in [5, 5.41) is 3.77. The molecule has 1 unspecified atom stereocenters. The topological polar surface area (TPSA) is 88.6 Å².